The maximum absolute atomic E-state index is 4.07. The SMILES string of the molecule is Cc1ccc(CNc2cccc3cn[nH]c23)cc1Br. The van der Waals surface area contributed by atoms with E-state index in [1.807, 2.05) is 18.3 Å². The van der Waals surface area contributed by atoms with Gasteiger partial charge in [0.1, 0.15) is 0 Å². The van der Waals surface area contributed by atoms with Crippen LogP contribution in [0.4, 0.5) is 5.69 Å². The molecule has 3 rings (SSSR count). The molecule has 0 aliphatic heterocycles. The van der Waals surface area contributed by atoms with Crippen LogP contribution in [0.3, 0.4) is 0 Å². The van der Waals surface area contributed by atoms with Crippen LogP contribution >= 0.6 is 15.9 Å². The highest BCUT2D eigenvalue weighted by Gasteiger charge is 2.03. The monoisotopic (exact) mass is 315 g/mol. The molecule has 2 N–H and O–H groups in total. The minimum Gasteiger partial charge on any atom is -0.379 e. The average molecular weight is 316 g/mol. The van der Waals surface area contributed by atoms with E-state index in [9.17, 15) is 0 Å². The molecule has 0 spiro atoms. The summed E-state index contributed by atoms with van der Waals surface area (Å²) in [5.74, 6) is 0. The van der Waals surface area contributed by atoms with Crippen molar-refractivity contribution < 1.29 is 0 Å². The van der Waals surface area contributed by atoms with Crippen LogP contribution in [0.15, 0.2) is 47.1 Å². The molecule has 3 aromatic rings. The number of hydrogen-bond donors (Lipinski definition) is 2. The molecular weight excluding hydrogens is 302 g/mol. The number of anilines is 1. The van der Waals surface area contributed by atoms with Gasteiger partial charge in [-0.25, -0.2) is 0 Å². The van der Waals surface area contributed by atoms with Crippen LogP contribution in [0, 0.1) is 6.92 Å². The second-order valence-corrected chi connectivity index (χ2v) is 5.43. The zero-order chi connectivity index (χ0) is 13.2. The van der Waals surface area contributed by atoms with Gasteiger partial charge in [-0.15, -0.1) is 0 Å². The largest absolute Gasteiger partial charge is 0.379 e. The number of aromatic amines is 1. The van der Waals surface area contributed by atoms with E-state index in [0.717, 1.165) is 27.6 Å². The zero-order valence-electron chi connectivity index (χ0n) is 10.6. The smallest absolute Gasteiger partial charge is 0.0881 e. The van der Waals surface area contributed by atoms with Crippen molar-refractivity contribution in [2.45, 2.75) is 13.5 Å². The fraction of sp³-hybridized carbons (Fsp3) is 0.133. The van der Waals surface area contributed by atoms with Crippen molar-refractivity contribution in [2.24, 2.45) is 0 Å². The van der Waals surface area contributed by atoms with Crippen molar-refractivity contribution >= 4 is 32.5 Å². The molecule has 0 bridgehead atoms. The van der Waals surface area contributed by atoms with Gasteiger partial charge < -0.3 is 5.32 Å². The number of rotatable bonds is 3. The summed E-state index contributed by atoms with van der Waals surface area (Å²) >= 11 is 3.56. The number of nitrogens with zero attached hydrogens (tertiary/aromatic N) is 1. The van der Waals surface area contributed by atoms with Crippen LogP contribution in [0.1, 0.15) is 11.1 Å². The van der Waals surface area contributed by atoms with Crippen molar-refractivity contribution in [1.29, 1.82) is 0 Å². The standard InChI is InChI=1S/C15H14BrN3/c1-10-5-6-11(7-13(10)16)8-17-14-4-2-3-12-9-18-19-15(12)14/h2-7,9,17H,8H2,1H3,(H,18,19). The molecule has 1 aromatic heterocycles. The Morgan fingerprint density at radius 2 is 2.16 bits per heavy atom. The van der Waals surface area contributed by atoms with Crippen molar-refractivity contribution in [3.63, 3.8) is 0 Å². The van der Waals surface area contributed by atoms with Crippen LogP contribution in [0.5, 0.6) is 0 Å². The first-order valence-electron chi connectivity index (χ1n) is 6.15. The third-order valence-corrected chi connectivity index (χ3v) is 4.05. The van der Waals surface area contributed by atoms with Crippen LogP contribution in [0.2, 0.25) is 0 Å². The van der Waals surface area contributed by atoms with Crippen LogP contribution in [0.25, 0.3) is 10.9 Å². The Bertz CT molecular complexity index is 718. The van der Waals surface area contributed by atoms with Gasteiger partial charge in [0.25, 0.3) is 0 Å². The van der Waals surface area contributed by atoms with Gasteiger partial charge in [-0.3, -0.25) is 5.10 Å². The van der Waals surface area contributed by atoms with E-state index in [-0.39, 0.29) is 0 Å². The second-order valence-electron chi connectivity index (χ2n) is 4.58. The molecule has 0 atom stereocenters. The third-order valence-electron chi connectivity index (χ3n) is 3.20. The van der Waals surface area contributed by atoms with Gasteiger partial charge in [0.15, 0.2) is 0 Å². The lowest BCUT2D eigenvalue weighted by molar-refractivity contribution is 1.11. The van der Waals surface area contributed by atoms with E-state index < -0.39 is 0 Å². The molecule has 0 aliphatic carbocycles. The van der Waals surface area contributed by atoms with Gasteiger partial charge >= 0.3 is 0 Å². The molecular formula is C15H14BrN3. The number of aryl methyl sites for hydroxylation is 1. The summed E-state index contributed by atoms with van der Waals surface area (Å²) in [5, 5.41) is 11.7. The Hall–Kier alpha value is -1.81. The number of halogens is 1. The molecule has 0 unspecified atom stereocenters. The quantitative estimate of drug-likeness (QED) is 0.758. The number of fused-ring (bicyclic) bond motifs is 1. The minimum atomic E-state index is 0.789. The summed E-state index contributed by atoms with van der Waals surface area (Å²) in [4.78, 5) is 0. The van der Waals surface area contributed by atoms with Crippen molar-refractivity contribution in [3.05, 3.63) is 58.2 Å². The Morgan fingerprint density at radius 3 is 3.00 bits per heavy atom. The lowest BCUT2D eigenvalue weighted by atomic mass is 10.1. The number of aromatic nitrogens is 2. The van der Waals surface area contributed by atoms with E-state index in [0.29, 0.717) is 0 Å². The fourth-order valence-electron chi connectivity index (χ4n) is 2.06. The molecule has 4 heteroatoms. The van der Waals surface area contributed by atoms with E-state index in [4.69, 9.17) is 0 Å². The van der Waals surface area contributed by atoms with Crippen molar-refractivity contribution in [1.82, 2.24) is 10.2 Å². The molecule has 19 heavy (non-hydrogen) atoms. The molecule has 0 saturated carbocycles. The molecule has 1 heterocycles. The summed E-state index contributed by atoms with van der Waals surface area (Å²) < 4.78 is 1.14. The van der Waals surface area contributed by atoms with Crippen LogP contribution < -0.4 is 5.32 Å². The molecule has 3 nitrogen and oxygen atoms in total. The van der Waals surface area contributed by atoms with Gasteiger partial charge in [-0.2, -0.15) is 5.10 Å². The fourth-order valence-corrected chi connectivity index (χ4v) is 2.49. The van der Waals surface area contributed by atoms with E-state index in [2.05, 4.69) is 62.6 Å². The summed E-state index contributed by atoms with van der Waals surface area (Å²) in [7, 11) is 0. The highest BCUT2D eigenvalue weighted by molar-refractivity contribution is 9.10. The Kier molecular flexibility index (Phi) is 3.25. The minimum absolute atomic E-state index is 0.789. The van der Waals surface area contributed by atoms with Gasteiger partial charge in [0.05, 0.1) is 17.4 Å². The first-order valence-corrected chi connectivity index (χ1v) is 6.94. The molecule has 96 valence electrons. The van der Waals surface area contributed by atoms with Crippen molar-refractivity contribution in [3.8, 4) is 0 Å². The predicted octanol–water partition coefficient (Wildman–Crippen LogP) is 4.25. The lowest BCUT2D eigenvalue weighted by Crippen LogP contribution is -2.00. The average Bonchev–Trinajstić information content (AvgIpc) is 2.89. The number of benzene rings is 2. The summed E-state index contributed by atoms with van der Waals surface area (Å²) in [6, 6.07) is 12.6. The maximum atomic E-state index is 4.07. The number of H-pyrrole nitrogens is 1. The lowest BCUT2D eigenvalue weighted by Gasteiger charge is -2.08. The molecule has 0 fully saturated rings. The number of hydrogen-bond acceptors (Lipinski definition) is 2. The second kappa shape index (κ2) is 5.05. The topological polar surface area (TPSA) is 40.7 Å². The number of para-hydroxylation sites is 1. The van der Waals surface area contributed by atoms with Gasteiger partial charge in [0.2, 0.25) is 0 Å². The molecule has 0 aliphatic rings. The highest BCUT2D eigenvalue weighted by atomic mass is 79.9. The normalized spacial score (nSPS) is 10.8. The Morgan fingerprint density at radius 1 is 1.26 bits per heavy atom. The first-order chi connectivity index (χ1) is 9.24. The molecule has 0 saturated heterocycles. The summed E-state index contributed by atoms with van der Waals surface area (Å²) in [6.45, 7) is 2.88. The molecule has 0 radical (unpaired) electrons. The highest BCUT2D eigenvalue weighted by Crippen LogP contribution is 2.22. The van der Waals surface area contributed by atoms with E-state index >= 15 is 0 Å². The maximum Gasteiger partial charge on any atom is 0.0881 e. The van der Waals surface area contributed by atoms with Crippen molar-refractivity contribution in [2.75, 3.05) is 5.32 Å². The zero-order valence-corrected chi connectivity index (χ0v) is 12.2. The summed E-state index contributed by atoms with van der Waals surface area (Å²) in [5.41, 5.74) is 4.62. The first kappa shape index (κ1) is 12.2. The van der Waals surface area contributed by atoms with Gasteiger partial charge in [0, 0.05) is 16.4 Å². The third kappa shape index (κ3) is 2.49. The summed E-state index contributed by atoms with van der Waals surface area (Å²) in [6.07, 6.45) is 1.84. The van der Waals surface area contributed by atoms with Gasteiger partial charge in [-0.1, -0.05) is 40.2 Å². The molecule has 2 aromatic carbocycles. The Labute approximate surface area is 120 Å². The van der Waals surface area contributed by atoms with E-state index in [1.54, 1.807) is 0 Å². The van der Waals surface area contributed by atoms with Gasteiger partial charge in [-0.05, 0) is 30.2 Å². The molecule has 0 amide bonds. The number of nitrogens with one attached hydrogen (secondary N) is 2. The van der Waals surface area contributed by atoms with Crippen LogP contribution in [-0.4, -0.2) is 10.2 Å². The predicted molar refractivity (Wildman–Crippen MR) is 82.3 cm³/mol. The van der Waals surface area contributed by atoms with E-state index in [1.165, 1.54) is 11.1 Å². The Balaban J connectivity index is 1.82. The van der Waals surface area contributed by atoms with Crippen LogP contribution in [-0.2, 0) is 6.54 Å².